The van der Waals surface area contributed by atoms with Gasteiger partial charge in [-0.3, -0.25) is 4.79 Å². The van der Waals surface area contributed by atoms with E-state index in [1.54, 1.807) is 0 Å². The topological polar surface area (TPSA) is 58.4 Å². The van der Waals surface area contributed by atoms with Crippen LogP contribution in [0.1, 0.15) is 6.42 Å². The Kier molecular flexibility index (Phi) is 3.03. The first-order valence-electron chi connectivity index (χ1n) is 5.17. The van der Waals surface area contributed by atoms with Gasteiger partial charge in [0.15, 0.2) is 0 Å². The highest BCUT2D eigenvalue weighted by molar-refractivity contribution is 6.34. The number of nitrogens with one attached hydrogen (secondary N) is 1. The van der Waals surface area contributed by atoms with Crippen molar-refractivity contribution < 1.29 is 4.79 Å². The van der Waals surface area contributed by atoms with Gasteiger partial charge >= 0.3 is 0 Å². The molecule has 86 valence electrons. The van der Waals surface area contributed by atoms with Crippen molar-refractivity contribution in [3.8, 4) is 0 Å². The first kappa shape index (κ1) is 11.2. The fourth-order valence-corrected chi connectivity index (χ4v) is 2.31. The molecule has 16 heavy (non-hydrogen) atoms. The fourth-order valence-electron chi connectivity index (χ4n) is 2.01. The number of carbonyl (C=O) groups is 1. The molecule has 1 amide bonds. The maximum Gasteiger partial charge on any atom is 0.247 e. The van der Waals surface area contributed by atoms with Crippen molar-refractivity contribution in [2.24, 2.45) is 5.73 Å². The smallest absolute Gasteiger partial charge is 0.247 e. The van der Waals surface area contributed by atoms with Gasteiger partial charge in [-0.1, -0.05) is 17.7 Å². The van der Waals surface area contributed by atoms with Crippen molar-refractivity contribution in [1.82, 2.24) is 0 Å². The molecule has 0 fully saturated rings. The molecule has 1 heterocycles. The van der Waals surface area contributed by atoms with E-state index in [9.17, 15) is 4.79 Å². The average Bonchev–Trinajstić information content (AvgIpc) is 2.24. The van der Waals surface area contributed by atoms with Crippen LogP contribution in [-0.4, -0.2) is 25.5 Å². The molecule has 1 aromatic rings. The number of amides is 1. The normalized spacial score (nSPS) is 19.3. The predicted octanol–water partition coefficient (Wildman–Crippen LogP) is 1.45. The van der Waals surface area contributed by atoms with E-state index in [0.29, 0.717) is 18.0 Å². The minimum Gasteiger partial charge on any atom is -0.360 e. The van der Waals surface area contributed by atoms with Gasteiger partial charge in [-0.2, -0.15) is 0 Å². The second kappa shape index (κ2) is 4.31. The molecule has 2 rings (SSSR count). The molecule has 0 aliphatic carbocycles. The highest BCUT2D eigenvalue weighted by atomic mass is 35.5. The number of halogens is 1. The summed E-state index contributed by atoms with van der Waals surface area (Å²) in [5, 5.41) is 3.49. The second-order valence-electron chi connectivity index (χ2n) is 3.83. The molecule has 1 atom stereocenters. The molecule has 4 nitrogen and oxygen atoms in total. The maximum atomic E-state index is 11.8. The lowest BCUT2D eigenvalue weighted by molar-refractivity contribution is -0.117. The molecule has 0 bridgehead atoms. The van der Waals surface area contributed by atoms with Crippen LogP contribution in [0, 0.1) is 0 Å². The summed E-state index contributed by atoms with van der Waals surface area (Å²) in [5.41, 5.74) is 7.12. The van der Waals surface area contributed by atoms with Crippen LogP contribution >= 0.6 is 11.6 Å². The molecule has 0 radical (unpaired) electrons. The largest absolute Gasteiger partial charge is 0.360 e. The van der Waals surface area contributed by atoms with Crippen LogP contribution in [0.2, 0.25) is 5.02 Å². The van der Waals surface area contributed by atoms with Gasteiger partial charge in [0.1, 0.15) is 6.04 Å². The van der Waals surface area contributed by atoms with E-state index in [4.69, 9.17) is 17.3 Å². The highest BCUT2D eigenvalue weighted by Crippen LogP contribution is 2.37. The van der Waals surface area contributed by atoms with E-state index in [1.165, 1.54) is 0 Å². The number of anilines is 2. The number of hydrogen-bond donors (Lipinski definition) is 2. The molecule has 1 aliphatic rings. The summed E-state index contributed by atoms with van der Waals surface area (Å²) in [6.07, 6.45) is 0.618. The Hall–Kier alpha value is -1.26. The van der Waals surface area contributed by atoms with Crippen LogP contribution in [0.4, 0.5) is 11.4 Å². The summed E-state index contributed by atoms with van der Waals surface area (Å²) < 4.78 is 0. The fraction of sp³-hybridized carbons (Fsp3) is 0.364. The number of carbonyl (C=O) groups excluding carboxylic acids is 1. The molecule has 0 saturated heterocycles. The summed E-state index contributed by atoms with van der Waals surface area (Å²) in [6.45, 7) is 0.474. The minimum absolute atomic E-state index is 0.0253. The molecule has 0 saturated carbocycles. The van der Waals surface area contributed by atoms with Crippen LogP contribution < -0.4 is 16.0 Å². The Morgan fingerprint density at radius 2 is 2.31 bits per heavy atom. The van der Waals surface area contributed by atoms with Crippen LogP contribution in [0.25, 0.3) is 0 Å². The first-order chi connectivity index (χ1) is 7.65. The summed E-state index contributed by atoms with van der Waals surface area (Å²) in [5.74, 6) is -0.0253. The molecule has 1 aliphatic heterocycles. The second-order valence-corrected chi connectivity index (χ2v) is 4.24. The molecule has 1 unspecified atom stereocenters. The molecule has 5 heteroatoms. The van der Waals surface area contributed by atoms with Crippen molar-refractivity contribution >= 4 is 28.9 Å². The zero-order valence-corrected chi connectivity index (χ0v) is 9.79. The maximum absolute atomic E-state index is 11.8. The highest BCUT2D eigenvalue weighted by Gasteiger charge is 2.30. The van der Waals surface area contributed by atoms with Crippen molar-refractivity contribution in [2.45, 2.75) is 12.5 Å². The number of nitrogens with two attached hydrogens (primary N) is 1. The van der Waals surface area contributed by atoms with Crippen molar-refractivity contribution in [3.05, 3.63) is 23.2 Å². The lowest BCUT2D eigenvalue weighted by atomic mass is 10.1. The zero-order chi connectivity index (χ0) is 11.7. The standard InChI is InChI=1S/C11H14ClN3O/c1-15-9(5-6-13)11(16)14-8-4-2-3-7(12)10(8)15/h2-4,9H,5-6,13H2,1H3,(H,14,16). The molecule has 0 spiro atoms. The molecule has 0 aromatic heterocycles. The van der Waals surface area contributed by atoms with Crippen molar-refractivity contribution in [1.29, 1.82) is 0 Å². The Balaban J connectivity index is 2.42. The number of para-hydroxylation sites is 1. The van der Waals surface area contributed by atoms with Gasteiger partial charge in [0.25, 0.3) is 0 Å². The predicted molar refractivity (Wildman–Crippen MR) is 65.9 cm³/mol. The van der Waals surface area contributed by atoms with Crippen LogP contribution in [0.5, 0.6) is 0 Å². The summed E-state index contributed by atoms with van der Waals surface area (Å²) in [4.78, 5) is 13.7. The third-order valence-corrected chi connectivity index (χ3v) is 3.11. The Labute approximate surface area is 99.4 Å². The van der Waals surface area contributed by atoms with Gasteiger partial charge in [-0.25, -0.2) is 0 Å². The van der Waals surface area contributed by atoms with Crippen molar-refractivity contribution in [3.63, 3.8) is 0 Å². The van der Waals surface area contributed by atoms with Crippen LogP contribution in [0.15, 0.2) is 18.2 Å². The summed E-state index contributed by atoms with van der Waals surface area (Å²) in [7, 11) is 1.86. The molecular formula is C11H14ClN3O. The van der Waals surface area contributed by atoms with Gasteiger partial charge in [-0.05, 0) is 25.1 Å². The molecular weight excluding hydrogens is 226 g/mol. The van der Waals surface area contributed by atoms with Gasteiger partial charge in [-0.15, -0.1) is 0 Å². The number of nitrogens with zero attached hydrogens (tertiary/aromatic N) is 1. The first-order valence-corrected chi connectivity index (χ1v) is 5.55. The Morgan fingerprint density at radius 3 is 3.00 bits per heavy atom. The SMILES string of the molecule is CN1c2c(Cl)cccc2NC(=O)C1CCN. The summed E-state index contributed by atoms with van der Waals surface area (Å²) >= 11 is 6.13. The van der Waals surface area contributed by atoms with Crippen LogP contribution in [0.3, 0.4) is 0 Å². The van der Waals surface area contributed by atoms with Crippen LogP contribution in [-0.2, 0) is 4.79 Å². The van der Waals surface area contributed by atoms with E-state index < -0.39 is 0 Å². The quantitative estimate of drug-likeness (QED) is 0.821. The lowest BCUT2D eigenvalue weighted by Crippen LogP contribution is -2.47. The monoisotopic (exact) mass is 239 g/mol. The van der Waals surface area contributed by atoms with E-state index >= 15 is 0 Å². The van der Waals surface area contributed by atoms with Gasteiger partial charge in [0.05, 0.1) is 16.4 Å². The van der Waals surface area contributed by atoms with E-state index in [0.717, 1.165) is 11.4 Å². The molecule has 1 aromatic carbocycles. The van der Waals surface area contributed by atoms with Gasteiger partial charge in [0.2, 0.25) is 5.91 Å². The third-order valence-electron chi connectivity index (χ3n) is 2.81. The number of likely N-dealkylation sites (N-methyl/N-ethyl adjacent to an activating group) is 1. The molecule has 3 N–H and O–H groups in total. The Morgan fingerprint density at radius 1 is 1.56 bits per heavy atom. The number of rotatable bonds is 2. The van der Waals surface area contributed by atoms with E-state index in [1.807, 2.05) is 30.1 Å². The Bertz CT molecular complexity index is 422. The van der Waals surface area contributed by atoms with Gasteiger partial charge in [0, 0.05) is 7.05 Å². The minimum atomic E-state index is -0.239. The number of hydrogen-bond acceptors (Lipinski definition) is 3. The van der Waals surface area contributed by atoms with E-state index in [-0.39, 0.29) is 11.9 Å². The van der Waals surface area contributed by atoms with Crippen molar-refractivity contribution in [2.75, 3.05) is 23.8 Å². The zero-order valence-electron chi connectivity index (χ0n) is 9.03. The third kappa shape index (κ3) is 1.74. The average molecular weight is 240 g/mol. The van der Waals surface area contributed by atoms with Gasteiger partial charge < -0.3 is 16.0 Å². The number of fused-ring (bicyclic) bond motifs is 1. The van der Waals surface area contributed by atoms with E-state index in [2.05, 4.69) is 5.32 Å². The lowest BCUT2D eigenvalue weighted by Gasteiger charge is -2.35. The summed E-state index contributed by atoms with van der Waals surface area (Å²) in [6, 6.07) is 5.23. The number of benzene rings is 1.